The zero-order valence-electron chi connectivity index (χ0n) is 20.8. The molecule has 0 spiro atoms. The summed E-state index contributed by atoms with van der Waals surface area (Å²) in [5.41, 5.74) is 2.74. The quantitative estimate of drug-likeness (QED) is 0.523. The van der Waals surface area contributed by atoms with Crippen LogP contribution in [0.15, 0.2) is 42.5 Å². The minimum Gasteiger partial charge on any atom is -0.497 e. The van der Waals surface area contributed by atoms with Crippen molar-refractivity contribution in [2.45, 2.75) is 46.7 Å². The Morgan fingerprint density at radius 1 is 1.06 bits per heavy atom. The molecule has 1 atom stereocenters. The first-order valence-electron chi connectivity index (χ1n) is 11.3. The third kappa shape index (κ3) is 6.72. The van der Waals surface area contributed by atoms with Gasteiger partial charge in [0, 0.05) is 13.1 Å². The summed E-state index contributed by atoms with van der Waals surface area (Å²) in [7, 11) is -2.22. The maximum Gasteiger partial charge on any atom is 0.244 e. The van der Waals surface area contributed by atoms with Crippen LogP contribution in [-0.4, -0.2) is 57.6 Å². The van der Waals surface area contributed by atoms with E-state index in [-0.39, 0.29) is 12.5 Å². The molecule has 0 fully saturated rings. The molecule has 0 aromatic heterocycles. The molecule has 2 rings (SSSR count). The van der Waals surface area contributed by atoms with Crippen LogP contribution in [0.2, 0.25) is 0 Å². The number of carbonyl (C=O) groups excluding carboxylic acids is 2. The van der Waals surface area contributed by atoms with Crippen LogP contribution in [0.25, 0.3) is 0 Å². The number of amides is 2. The molecule has 2 aromatic carbocycles. The van der Waals surface area contributed by atoms with Crippen molar-refractivity contribution in [3.05, 3.63) is 59.2 Å². The Bertz CT molecular complexity index is 1100. The second-order valence-corrected chi connectivity index (χ2v) is 10.1. The molecule has 2 amide bonds. The van der Waals surface area contributed by atoms with Crippen LogP contribution in [0.3, 0.4) is 0 Å². The molecule has 34 heavy (non-hydrogen) atoms. The van der Waals surface area contributed by atoms with Gasteiger partial charge in [0.15, 0.2) is 0 Å². The van der Waals surface area contributed by atoms with E-state index in [0.29, 0.717) is 24.4 Å². The molecule has 0 aliphatic carbocycles. The Morgan fingerprint density at radius 3 is 2.21 bits per heavy atom. The van der Waals surface area contributed by atoms with E-state index in [4.69, 9.17) is 4.74 Å². The summed E-state index contributed by atoms with van der Waals surface area (Å²) in [6.45, 7) is 7.40. The van der Waals surface area contributed by atoms with Crippen LogP contribution in [0.4, 0.5) is 5.69 Å². The van der Waals surface area contributed by atoms with E-state index in [1.54, 1.807) is 19.2 Å². The van der Waals surface area contributed by atoms with Crippen molar-refractivity contribution in [2.24, 2.45) is 0 Å². The molecule has 0 unspecified atom stereocenters. The molecule has 8 nitrogen and oxygen atoms in total. The van der Waals surface area contributed by atoms with Gasteiger partial charge in [-0.2, -0.15) is 0 Å². The van der Waals surface area contributed by atoms with E-state index in [2.05, 4.69) is 5.32 Å². The topological polar surface area (TPSA) is 96.0 Å². The van der Waals surface area contributed by atoms with Crippen molar-refractivity contribution in [2.75, 3.05) is 30.8 Å². The summed E-state index contributed by atoms with van der Waals surface area (Å²) in [6.07, 6.45) is 1.46. The number of aryl methyl sites for hydroxylation is 2. The van der Waals surface area contributed by atoms with Gasteiger partial charge in [-0.05, 0) is 56.0 Å². The number of sulfonamides is 1. The number of nitrogens with zero attached hydrogens (tertiary/aromatic N) is 2. The van der Waals surface area contributed by atoms with Gasteiger partial charge in [0.05, 0.1) is 19.1 Å². The van der Waals surface area contributed by atoms with E-state index in [0.717, 1.165) is 27.3 Å². The Kier molecular flexibility index (Phi) is 9.49. The standard InChI is InChI=1S/C25H35N3O5S/c1-7-22(25(30)26-8-2)27(16-20-13-10-14-21(15-20)33-5)23(29)17-28(34(6,31)32)24-18(3)11-9-12-19(24)4/h9-15,22H,7-8,16-17H2,1-6H3,(H,26,30)/t22-/m0/s1. The minimum absolute atomic E-state index is 0.135. The molecule has 186 valence electrons. The van der Waals surface area contributed by atoms with Crippen molar-refractivity contribution in [1.82, 2.24) is 10.2 Å². The lowest BCUT2D eigenvalue weighted by Crippen LogP contribution is -2.52. The number of carbonyl (C=O) groups is 2. The zero-order chi connectivity index (χ0) is 25.5. The van der Waals surface area contributed by atoms with Crippen molar-refractivity contribution < 1.29 is 22.7 Å². The molecular formula is C25H35N3O5S. The van der Waals surface area contributed by atoms with Gasteiger partial charge in [0.1, 0.15) is 18.3 Å². The molecule has 0 saturated carbocycles. The molecular weight excluding hydrogens is 454 g/mol. The number of para-hydroxylation sites is 1. The predicted octanol–water partition coefficient (Wildman–Crippen LogP) is 3.02. The zero-order valence-corrected chi connectivity index (χ0v) is 21.6. The first-order chi connectivity index (χ1) is 16.0. The van der Waals surface area contributed by atoms with Gasteiger partial charge < -0.3 is 15.0 Å². The molecule has 0 aliphatic heterocycles. The lowest BCUT2D eigenvalue weighted by Gasteiger charge is -2.33. The van der Waals surface area contributed by atoms with Crippen molar-refractivity contribution >= 4 is 27.5 Å². The van der Waals surface area contributed by atoms with Crippen molar-refractivity contribution in [3.8, 4) is 5.75 Å². The monoisotopic (exact) mass is 489 g/mol. The first kappa shape index (κ1) is 27.2. The average Bonchev–Trinajstić information content (AvgIpc) is 2.77. The number of hydrogen-bond donors (Lipinski definition) is 1. The Morgan fingerprint density at radius 2 is 1.68 bits per heavy atom. The third-order valence-electron chi connectivity index (χ3n) is 5.59. The first-order valence-corrected chi connectivity index (χ1v) is 13.1. The van der Waals surface area contributed by atoms with Gasteiger partial charge in [0.2, 0.25) is 21.8 Å². The molecule has 0 saturated heterocycles. The van der Waals surface area contributed by atoms with Crippen molar-refractivity contribution in [3.63, 3.8) is 0 Å². The van der Waals surface area contributed by atoms with E-state index in [9.17, 15) is 18.0 Å². The summed E-state index contributed by atoms with van der Waals surface area (Å²) in [6, 6.07) is 11.9. The van der Waals surface area contributed by atoms with Crippen LogP contribution in [-0.2, 0) is 26.2 Å². The van der Waals surface area contributed by atoms with Gasteiger partial charge in [-0.25, -0.2) is 8.42 Å². The summed E-state index contributed by atoms with van der Waals surface area (Å²) in [4.78, 5) is 28.0. The van der Waals surface area contributed by atoms with Gasteiger partial charge in [-0.15, -0.1) is 0 Å². The largest absolute Gasteiger partial charge is 0.497 e. The molecule has 0 bridgehead atoms. The molecule has 0 aliphatic rings. The van der Waals surface area contributed by atoms with Crippen LogP contribution >= 0.6 is 0 Å². The van der Waals surface area contributed by atoms with Crippen LogP contribution in [0.5, 0.6) is 5.75 Å². The number of hydrogen-bond acceptors (Lipinski definition) is 5. The molecule has 1 N–H and O–H groups in total. The second kappa shape index (κ2) is 11.9. The molecule has 9 heteroatoms. The fraction of sp³-hybridized carbons (Fsp3) is 0.440. The lowest BCUT2D eigenvalue weighted by molar-refractivity contribution is -0.140. The fourth-order valence-electron chi connectivity index (χ4n) is 3.95. The van der Waals surface area contributed by atoms with Gasteiger partial charge in [-0.1, -0.05) is 37.3 Å². The summed E-state index contributed by atoms with van der Waals surface area (Å²) < 4.78 is 32.0. The molecule has 0 heterocycles. The Hall–Kier alpha value is -3.07. The average molecular weight is 490 g/mol. The fourth-order valence-corrected chi connectivity index (χ4v) is 4.92. The van der Waals surface area contributed by atoms with Gasteiger partial charge in [-0.3, -0.25) is 13.9 Å². The molecule has 0 radical (unpaired) electrons. The van der Waals surface area contributed by atoms with E-state index in [1.807, 2.05) is 58.0 Å². The van der Waals surface area contributed by atoms with Crippen LogP contribution < -0.4 is 14.4 Å². The lowest BCUT2D eigenvalue weighted by atomic mass is 10.1. The number of benzene rings is 2. The Balaban J connectivity index is 2.50. The Labute approximate surface area is 202 Å². The van der Waals surface area contributed by atoms with Crippen molar-refractivity contribution in [1.29, 1.82) is 0 Å². The SMILES string of the molecule is CCNC(=O)[C@H](CC)N(Cc1cccc(OC)c1)C(=O)CN(c1c(C)cccc1C)S(C)(=O)=O. The summed E-state index contributed by atoms with van der Waals surface area (Å²) in [5.74, 6) is -0.113. The summed E-state index contributed by atoms with van der Waals surface area (Å²) >= 11 is 0. The normalized spacial score (nSPS) is 12.1. The maximum absolute atomic E-state index is 13.7. The third-order valence-corrected chi connectivity index (χ3v) is 6.70. The highest BCUT2D eigenvalue weighted by molar-refractivity contribution is 7.92. The predicted molar refractivity (Wildman–Crippen MR) is 134 cm³/mol. The highest BCUT2D eigenvalue weighted by Gasteiger charge is 2.32. The number of nitrogens with one attached hydrogen (secondary N) is 1. The number of methoxy groups -OCH3 is 1. The number of ether oxygens (including phenoxy) is 1. The van der Waals surface area contributed by atoms with E-state index < -0.39 is 28.5 Å². The highest BCUT2D eigenvalue weighted by atomic mass is 32.2. The van der Waals surface area contributed by atoms with E-state index in [1.165, 1.54) is 4.90 Å². The van der Waals surface area contributed by atoms with Gasteiger partial charge >= 0.3 is 0 Å². The summed E-state index contributed by atoms with van der Waals surface area (Å²) in [5, 5.41) is 2.78. The smallest absolute Gasteiger partial charge is 0.244 e. The van der Waals surface area contributed by atoms with Crippen LogP contribution in [0, 0.1) is 13.8 Å². The minimum atomic E-state index is -3.77. The van der Waals surface area contributed by atoms with Crippen LogP contribution in [0.1, 0.15) is 37.0 Å². The van der Waals surface area contributed by atoms with E-state index >= 15 is 0 Å². The highest BCUT2D eigenvalue weighted by Crippen LogP contribution is 2.27. The molecule has 2 aromatic rings. The second-order valence-electron chi connectivity index (χ2n) is 8.20. The van der Waals surface area contributed by atoms with Gasteiger partial charge in [0.25, 0.3) is 0 Å². The number of rotatable bonds is 11. The number of likely N-dealkylation sites (N-methyl/N-ethyl adjacent to an activating group) is 1. The maximum atomic E-state index is 13.7. The number of anilines is 1.